The third-order valence-corrected chi connectivity index (χ3v) is 7.12. The molecule has 4 atom stereocenters. The lowest BCUT2D eigenvalue weighted by Crippen LogP contribution is -2.44. The molecule has 0 heterocycles. The SMILES string of the molecule is C#CC(CC)NC(C)C(O)OCC(=O)c1ccc(-c2ccc(C(=O)COC(=O)C(C)NC(CC)CC)c(C)c2)cc1. The monoisotopic (exact) mass is 564 g/mol. The fourth-order valence-electron chi connectivity index (χ4n) is 4.36. The average Bonchev–Trinajstić information content (AvgIpc) is 2.99. The van der Waals surface area contributed by atoms with Crippen LogP contribution in [0.2, 0.25) is 0 Å². The van der Waals surface area contributed by atoms with Crippen LogP contribution in [0.25, 0.3) is 11.1 Å². The highest BCUT2D eigenvalue weighted by Crippen LogP contribution is 2.23. The minimum atomic E-state index is -1.18. The molecule has 0 aliphatic heterocycles. The van der Waals surface area contributed by atoms with Crippen molar-refractivity contribution in [1.82, 2.24) is 10.6 Å². The Labute approximate surface area is 244 Å². The standard InChI is InChI=1S/C33H44N2O6/c1-8-27(9-2)34-22(6)32(38)40-19-30(36)25-14-12-24(13-15-25)26-16-17-29(21(5)18-26)31(37)20-41-33(39)23(7)35-28(10-3)11-4/h1,12-18,22-23,27-28,32,34-35,38H,9-11,19-20H2,2-7H3. The molecule has 0 aliphatic rings. The summed E-state index contributed by atoms with van der Waals surface area (Å²) in [4.78, 5) is 37.7. The number of terminal acetylenes is 1. The number of rotatable bonds is 17. The maximum Gasteiger partial charge on any atom is 0.323 e. The van der Waals surface area contributed by atoms with E-state index in [0.717, 1.165) is 29.5 Å². The molecule has 0 radical (unpaired) electrons. The number of esters is 1. The minimum Gasteiger partial charge on any atom is -0.456 e. The summed E-state index contributed by atoms with van der Waals surface area (Å²) < 4.78 is 10.6. The van der Waals surface area contributed by atoms with Gasteiger partial charge in [-0.1, -0.05) is 69.2 Å². The zero-order valence-corrected chi connectivity index (χ0v) is 25.0. The molecule has 0 fully saturated rings. The van der Waals surface area contributed by atoms with Gasteiger partial charge in [0.25, 0.3) is 0 Å². The summed E-state index contributed by atoms with van der Waals surface area (Å²) in [5.74, 6) is 1.62. The van der Waals surface area contributed by atoms with Gasteiger partial charge < -0.3 is 19.9 Å². The zero-order chi connectivity index (χ0) is 30.5. The van der Waals surface area contributed by atoms with Gasteiger partial charge in [-0.15, -0.1) is 6.42 Å². The van der Waals surface area contributed by atoms with Crippen molar-refractivity contribution in [3.63, 3.8) is 0 Å². The molecular weight excluding hydrogens is 520 g/mol. The zero-order valence-electron chi connectivity index (χ0n) is 25.0. The fourth-order valence-corrected chi connectivity index (χ4v) is 4.36. The number of hydrogen-bond acceptors (Lipinski definition) is 8. The number of aliphatic hydroxyl groups is 1. The normalized spacial score (nSPS) is 14.1. The lowest BCUT2D eigenvalue weighted by molar-refractivity contribution is -0.144. The van der Waals surface area contributed by atoms with Gasteiger partial charge in [0.15, 0.2) is 18.7 Å². The molecule has 0 spiro atoms. The van der Waals surface area contributed by atoms with Gasteiger partial charge in [-0.05, 0) is 56.7 Å². The highest BCUT2D eigenvalue weighted by molar-refractivity contribution is 6.00. The van der Waals surface area contributed by atoms with Crippen molar-refractivity contribution in [2.24, 2.45) is 0 Å². The fraction of sp³-hybridized carbons (Fsp3) is 0.485. The van der Waals surface area contributed by atoms with Gasteiger partial charge in [0.2, 0.25) is 5.78 Å². The Morgan fingerprint density at radius 2 is 1.54 bits per heavy atom. The van der Waals surface area contributed by atoms with Crippen molar-refractivity contribution in [2.75, 3.05) is 13.2 Å². The molecule has 4 unspecified atom stereocenters. The van der Waals surface area contributed by atoms with Crippen LogP contribution in [0.4, 0.5) is 0 Å². The number of hydrogen-bond donors (Lipinski definition) is 3. The van der Waals surface area contributed by atoms with Crippen LogP contribution in [0.1, 0.15) is 80.2 Å². The maximum absolute atomic E-state index is 12.8. The molecule has 41 heavy (non-hydrogen) atoms. The Bertz CT molecular complexity index is 1200. The first-order valence-electron chi connectivity index (χ1n) is 14.3. The highest BCUT2D eigenvalue weighted by Gasteiger charge is 2.21. The van der Waals surface area contributed by atoms with E-state index >= 15 is 0 Å². The van der Waals surface area contributed by atoms with E-state index in [1.807, 2.05) is 38.1 Å². The van der Waals surface area contributed by atoms with Crippen molar-refractivity contribution in [1.29, 1.82) is 0 Å². The van der Waals surface area contributed by atoms with Crippen LogP contribution in [0, 0.1) is 19.3 Å². The molecule has 2 aromatic carbocycles. The summed E-state index contributed by atoms with van der Waals surface area (Å²) >= 11 is 0. The highest BCUT2D eigenvalue weighted by atomic mass is 16.6. The van der Waals surface area contributed by atoms with Gasteiger partial charge in [0, 0.05) is 17.2 Å². The summed E-state index contributed by atoms with van der Waals surface area (Å²) in [7, 11) is 0. The van der Waals surface area contributed by atoms with E-state index in [9.17, 15) is 19.5 Å². The van der Waals surface area contributed by atoms with E-state index in [4.69, 9.17) is 15.9 Å². The van der Waals surface area contributed by atoms with Crippen molar-refractivity contribution in [2.45, 2.75) is 91.3 Å². The number of ether oxygens (including phenoxy) is 2. The maximum atomic E-state index is 12.8. The van der Waals surface area contributed by atoms with Gasteiger partial charge in [-0.25, -0.2) is 0 Å². The second kappa shape index (κ2) is 16.8. The summed E-state index contributed by atoms with van der Waals surface area (Å²) in [6.07, 6.45) is 6.78. The Morgan fingerprint density at radius 1 is 0.902 bits per heavy atom. The Balaban J connectivity index is 1.94. The topological polar surface area (TPSA) is 114 Å². The molecule has 0 saturated heterocycles. The molecule has 0 bridgehead atoms. The molecular formula is C33H44N2O6. The van der Waals surface area contributed by atoms with E-state index in [2.05, 4.69) is 30.4 Å². The smallest absolute Gasteiger partial charge is 0.323 e. The van der Waals surface area contributed by atoms with Crippen molar-refractivity contribution in [3.05, 3.63) is 59.2 Å². The second-order valence-electron chi connectivity index (χ2n) is 10.2. The van der Waals surface area contributed by atoms with Gasteiger partial charge in [0.1, 0.15) is 12.6 Å². The number of Topliss-reactive ketones (excluding diaryl/α,β-unsaturated/α-hetero) is 2. The van der Waals surface area contributed by atoms with Crippen LogP contribution in [-0.2, 0) is 14.3 Å². The molecule has 0 amide bonds. The quantitative estimate of drug-likeness (QED) is 0.112. The number of aliphatic hydroxyl groups excluding tert-OH is 1. The van der Waals surface area contributed by atoms with E-state index in [0.29, 0.717) is 17.5 Å². The van der Waals surface area contributed by atoms with Gasteiger partial charge in [0.05, 0.1) is 12.1 Å². The number of carbonyl (C=O) groups is 3. The molecule has 2 rings (SSSR count). The van der Waals surface area contributed by atoms with Gasteiger partial charge >= 0.3 is 5.97 Å². The van der Waals surface area contributed by atoms with Crippen LogP contribution >= 0.6 is 0 Å². The van der Waals surface area contributed by atoms with E-state index < -0.39 is 24.3 Å². The number of benzene rings is 2. The van der Waals surface area contributed by atoms with Crippen LogP contribution in [0.15, 0.2) is 42.5 Å². The molecule has 3 N–H and O–H groups in total. The minimum absolute atomic E-state index is 0.185. The van der Waals surface area contributed by atoms with E-state index in [1.165, 1.54) is 0 Å². The largest absolute Gasteiger partial charge is 0.456 e. The average molecular weight is 565 g/mol. The summed E-state index contributed by atoms with van der Waals surface area (Å²) in [6.45, 7) is 10.8. The van der Waals surface area contributed by atoms with E-state index in [1.54, 1.807) is 32.0 Å². The Morgan fingerprint density at radius 3 is 2.10 bits per heavy atom. The lowest BCUT2D eigenvalue weighted by Gasteiger charge is -2.23. The van der Waals surface area contributed by atoms with Crippen LogP contribution in [0.5, 0.6) is 0 Å². The molecule has 0 aromatic heterocycles. The first kappa shape index (κ1) is 33.9. The van der Waals surface area contributed by atoms with E-state index in [-0.39, 0.29) is 36.9 Å². The van der Waals surface area contributed by atoms with Crippen LogP contribution in [-0.4, -0.2) is 66.3 Å². The predicted octanol–water partition coefficient (Wildman–Crippen LogP) is 4.46. The predicted molar refractivity (Wildman–Crippen MR) is 161 cm³/mol. The molecule has 222 valence electrons. The third-order valence-electron chi connectivity index (χ3n) is 7.12. The van der Waals surface area contributed by atoms with Crippen LogP contribution in [0.3, 0.4) is 0 Å². The van der Waals surface area contributed by atoms with Crippen molar-refractivity contribution < 1.29 is 29.0 Å². The second-order valence-corrected chi connectivity index (χ2v) is 10.2. The lowest BCUT2D eigenvalue weighted by atomic mass is 9.97. The number of nitrogens with one attached hydrogen (secondary N) is 2. The van der Waals surface area contributed by atoms with Crippen LogP contribution < -0.4 is 10.6 Å². The van der Waals surface area contributed by atoms with Crippen molar-refractivity contribution in [3.8, 4) is 23.5 Å². The first-order valence-corrected chi connectivity index (χ1v) is 14.3. The summed E-state index contributed by atoms with van der Waals surface area (Å²) in [5.41, 5.74) is 3.45. The van der Waals surface area contributed by atoms with Crippen molar-refractivity contribution >= 4 is 17.5 Å². The molecule has 8 heteroatoms. The van der Waals surface area contributed by atoms with Gasteiger partial charge in [-0.2, -0.15) is 0 Å². The molecule has 0 saturated carbocycles. The Kier molecular flexibility index (Phi) is 13.9. The molecule has 8 nitrogen and oxygen atoms in total. The molecule has 2 aromatic rings. The summed E-state index contributed by atoms with van der Waals surface area (Å²) in [5, 5.41) is 16.5. The summed E-state index contributed by atoms with van der Waals surface area (Å²) in [6, 6.07) is 11.6. The molecule has 0 aliphatic carbocycles. The number of carbonyl (C=O) groups excluding carboxylic acids is 3. The Hall–Kier alpha value is -3.35. The first-order chi connectivity index (χ1) is 19.5. The number of ketones is 2. The number of aryl methyl sites for hydroxylation is 1. The third kappa shape index (κ3) is 10.2. The van der Waals surface area contributed by atoms with Gasteiger partial charge in [-0.3, -0.25) is 19.7 Å².